The van der Waals surface area contributed by atoms with E-state index < -0.39 is 0 Å². The minimum absolute atomic E-state index is 0.489. The van der Waals surface area contributed by atoms with Crippen molar-refractivity contribution < 1.29 is 0 Å². The molecule has 0 aliphatic heterocycles. The quantitative estimate of drug-likeness (QED) is 0.400. The molecule has 2 heterocycles. The lowest BCUT2D eigenvalue weighted by Crippen LogP contribution is -2.31. The second-order valence-corrected chi connectivity index (χ2v) is 6.00. The van der Waals surface area contributed by atoms with Crippen LogP contribution in [0.5, 0.6) is 0 Å². The lowest BCUT2D eigenvalue weighted by molar-refractivity contribution is 0.689. The Morgan fingerprint density at radius 1 is 1.23 bits per heavy atom. The number of benzene rings is 1. The normalized spacial score (nSPS) is 10.8. The summed E-state index contributed by atoms with van der Waals surface area (Å²) in [6.45, 7) is 3.41. The molecule has 26 heavy (non-hydrogen) atoms. The molecule has 3 rings (SSSR count). The first-order chi connectivity index (χ1) is 12.8. The van der Waals surface area contributed by atoms with Crippen LogP contribution in [-0.4, -0.2) is 32.6 Å². The number of nitrogens with one attached hydrogen (secondary N) is 2. The van der Waals surface area contributed by atoms with Crippen molar-refractivity contribution >= 4 is 23.5 Å². The number of hydrogen-bond acceptors (Lipinski definition) is 4. The van der Waals surface area contributed by atoms with Gasteiger partial charge in [-0.1, -0.05) is 30.3 Å². The van der Waals surface area contributed by atoms with Gasteiger partial charge >= 0.3 is 0 Å². The molecule has 2 N–H and O–H groups in total. The Bertz CT molecular complexity index is 874. The van der Waals surface area contributed by atoms with Crippen molar-refractivity contribution in [1.82, 2.24) is 25.5 Å². The molecule has 7 heteroatoms. The molecule has 3 aromatic rings. The maximum Gasteiger partial charge on any atom is 0.186 e. The van der Waals surface area contributed by atoms with Crippen molar-refractivity contribution in [2.75, 3.05) is 6.54 Å². The summed E-state index contributed by atoms with van der Waals surface area (Å²) >= 11 is 5.12. The Morgan fingerprint density at radius 2 is 2.08 bits per heavy atom. The fourth-order valence-electron chi connectivity index (χ4n) is 2.47. The molecule has 0 aliphatic carbocycles. The van der Waals surface area contributed by atoms with Crippen LogP contribution in [0.3, 0.4) is 0 Å². The molecule has 0 unspecified atom stereocenters. The van der Waals surface area contributed by atoms with Gasteiger partial charge in [-0.15, -0.1) is 0 Å². The SMILES string of the molecule is CCNC(=S)N/N=C\c1cn(Cc2ccccc2)nc1-c1cccnc1. The van der Waals surface area contributed by atoms with Crippen LogP contribution in [0.1, 0.15) is 18.1 Å². The van der Waals surface area contributed by atoms with Gasteiger partial charge in [0.15, 0.2) is 5.11 Å². The van der Waals surface area contributed by atoms with E-state index in [1.54, 1.807) is 18.6 Å². The van der Waals surface area contributed by atoms with Crippen LogP contribution in [0.25, 0.3) is 11.3 Å². The van der Waals surface area contributed by atoms with Crippen LogP contribution in [0.4, 0.5) is 0 Å². The third-order valence-electron chi connectivity index (χ3n) is 3.62. The van der Waals surface area contributed by atoms with Crippen LogP contribution in [0.2, 0.25) is 0 Å². The number of pyridine rings is 1. The molecule has 0 saturated carbocycles. The maximum atomic E-state index is 5.12. The third-order valence-corrected chi connectivity index (χ3v) is 3.86. The Morgan fingerprint density at radius 3 is 2.81 bits per heavy atom. The average molecular weight is 364 g/mol. The van der Waals surface area contributed by atoms with E-state index in [0.717, 1.165) is 23.4 Å². The summed E-state index contributed by atoms with van der Waals surface area (Å²) in [5, 5.41) is 12.4. The number of hydrogen-bond donors (Lipinski definition) is 2. The van der Waals surface area contributed by atoms with Crippen LogP contribution >= 0.6 is 12.2 Å². The second kappa shape index (κ2) is 8.87. The summed E-state index contributed by atoms with van der Waals surface area (Å²) < 4.78 is 1.90. The van der Waals surface area contributed by atoms with Crippen LogP contribution in [0.15, 0.2) is 66.2 Å². The van der Waals surface area contributed by atoms with Gasteiger partial charge in [-0.25, -0.2) is 0 Å². The van der Waals surface area contributed by atoms with Gasteiger partial charge in [0.2, 0.25) is 0 Å². The Kier molecular flexibility index (Phi) is 6.05. The molecule has 0 atom stereocenters. The maximum absolute atomic E-state index is 5.12. The fraction of sp³-hybridized carbons (Fsp3) is 0.158. The van der Waals surface area contributed by atoms with E-state index in [1.165, 1.54) is 5.56 Å². The van der Waals surface area contributed by atoms with Gasteiger partial charge in [-0.2, -0.15) is 10.2 Å². The summed E-state index contributed by atoms with van der Waals surface area (Å²) in [7, 11) is 0. The first-order valence-electron chi connectivity index (χ1n) is 8.35. The molecule has 1 aromatic carbocycles. The molecule has 0 amide bonds. The Balaban J connectivity index is 1.86. The fourth-order valence-corrected chi connectivity index (χ4v) is 2.67. The lowest BCUT2D eigenvalue weighted by atomic mass is 10.1. The van der Waals surface area contributed by atoms with Crippen LogP contribution in [-0.2, 0) is 6.54 Å². The zero-order valence-electron chi connectivity index (χ0n) is 14.5. The molecule has 2 aromatic heterocycles. The van der Waals surface area contributed by atoms with Crippen molar-refractivity contribution in [2.24, 2.45) is 5.10 Å². The summed E-state index contributed by atoms with van der Waals surface area (Å²) in [6.07, 6.45) is 7.23. The monoisotopic (exact) mass is 364 g/mol. The first kappa shape index (κ1) is 17.8. The van der Waals surface area contributed by atoms with Gasteiger partial charge in [0.25, 0.3) is 0 Å². The third kappa shape index (κ3) is 4.73. The van der Waals surface area contributed by atoms with Crippen LogP contribution < -0.4 is 10.7 Å². The average Bonchev–Trinajstić information content (AvgIpc) is 3.06. The number of aromatic nitrogens is 3. The Hall–Kier alpha value is -3.06. The summed E-state index contributed by atoms with van der Waals surface area (Å²) in [4.78, 5) is 4.19. The smallest absolute Gasteiger partial charge is 0.186 e. The van der Waals surface area contributed by atoms with E-state index >= 15 is 0 Å². The molecule has 132 valence electrons. The van der Waals surface area contributed by atoms with E-state index in [4.69, 9.17) is 17.3 Å². The predicted octanol–water partition coefficient (Wildman–Crippen LogP) is 2.81. The van der Waals surface area contributed by atoms with Gasteiger partial charge in [-0.05, 0) is 36.8 Å². The summed E-state index contributed by atoms with van der Waals surface area (Å²) in [5.74, 6) is 0. The molecular formula is C19H20N6S. The molecule has 0 bridgehead atoms. The highest BCUT2D eigenvalue weighted by atomic mass is 32.1. The lowest BCUT2D eigenvalue weighted by Gasteiger charge is -2.02. The van der Waals surface area contributed by atoms with Crippen molar-refractivity contribution in [3.8, 4) is 11.3 Å². The molecule has 6 nitrogen and oxygen atoms in total. The molecule has 0 fully saturated rings. The zero-order chi connectivity index (χ0) is 18.2. The molecule has 0 radical (unpaired) electrons. The summed E-state index contributed by atoms with van der Waals surface area (Å²) in [6, 6.07) is 14.1. The minimum Gasteiger partial charge on any atom is -0.362 e. The molecule has 0 saturated heterocycles. The van der Waals surface area contributed by atoms with E-state index in [2.05, 4.69) is 33.0 Å². The summed E-state index contributed by atoms with van der Waals surface area (Å²) in [5.41, 5.74) is 6.65. The predicted molar refractivity (Wildman–Crippen MR) is 108 cm³/mol. The standard InChI is InChI=1S/C19H20N6S/c1-2-21-19(26)23-22-12-17-14-25(13-15-7-4-3-5-8-15)24-18(17)16-9-6-10-20-11-16/h3-12,14H,2,13H2,1H3,(H2,21,23,26)/b22-12-. The van der Waals surface area contributed by atoms with Crippen LogP contribution in [0, 0.1) is 0 Å². The highest BCUT2D eigenvalue weighted by Gasteiger charge is 2.10. The zero-order valence-corrected chi connectivity index (χ0v) is 15.3. The molecule has 0 aliphatic rings. The van der Waals surface area contributed by atoms with Gasteiger partial charge in [0.05, 0.1) is 12.8 Å². The van der Waals surface area contributed by atoms with E-state index in [-0.39, 0.29) is 0 Å². The van der Waals surface area contributed by atoms with Gasteiger partial charge in [0, 0.05) is 36.3 Å². The largest absolute Gasteiger partial charge is 0.362 e. The Labute approximate surface area is 158 Å². The number of rotatable bonds is 6. The number of hydrazone groups is 1. The van der Waals surface area contributed by atoms with Crippen molar-refractivity contribution in [3.05, 3.63) is 72.2 Å². The molecule has 0 spiro atoms. The van der Waals surface area contributed by atoms with Crippen molar-refractivity contribution in [3.63, 3.8) is 0 Å². The highest BCUT2D eigenvalue weighted by molar-refractivity contribution is 7.80. The second-order valence-electron chi connectivity index (χ2n) is 5.59. The highest BCUT2D eigenvalue weighted by Crippen LogP contribution is 2.20. The van der Waals surface area contributed by atoms with Gasteiger partial charge < -0.3 is 5.32 Å². The minimum atomic E-state index is 0.489. The van der Waals surface area contributed by atoms with E-state index in [1.807, 2.05) is 48.1 Å². The van der Waals surface area contributed by atoms with E-state index in [9.17, 15) is 0 Å². The number of nitrogens with zero attached hydrogens (tertiary/aromatic N) is 4. The molecular weight excluding hydrogens is 344 g/mol. The van der Waals surface area contributed by atoms with Crippen molar-refractivity contribution in [2.45, 2.75) is 13.5 Å². The van der Waals surface area contributed by atoms with Gasteiger partial charge in [0.1, 0.15) is 5.69 Å². The van der Waals surface area contributed by atoms with Gasteiger partial charge in [-0.3, -0.25) is 15.1 Å². The van der Waals surface area contributed by atoms with Crippen molar-refractivity contribution in [1.29, 1.82) is 0 Å². The van der Waals surface area contributed by atoms with E-state index in [0.29, 0.717) is 11.7 Å². The number of thiocarbonyl (C=S) groups is 1. The first-order valence-corrected chi connectivity index (χ1v) is 8.75. The topological polar surface area (TPSA) is 67.1 Å².